The normalized spacial score (nSPS) is 20.3. The molecule has 2 atom stereocenters. The zero-order chi connectivity index (χ0) is 13.8. The van der Waals surface area contributed by atoms with Crippen LogP contribution in [0.3, 0.4) is 0 Å². The van der Waals surface area contributed by atoms with Crippen LogP contribution in [-0.4, -0.2) is 49.6 Å². The zero-order valence-electron chi connectivity index (χ0n) is 10.5. The van der Waals surface area contributed by atoms with Crippen LogP contribution >= 0.6 is 11.8 Å². The van der Waals surface area contributed by atoms with Crippen LogP contribution < -0.4 is 5.32 Å². The molecule has 1 aromatic heterocycles. The van der Waals surface area contributed by atoms with Crippen molar-refractivity contribution in [2.75, 3.05) is 11.6 Å². The Labute approximate surface area is 114 Å². The summed E-state index contributed by atoms with van der Waals surface area (Å²) in [6, 6.07) is -1.35. The standard InChI is InChI=1S/C11H16N4O3S/c1-2-7(9-12-3-4-13-9)14-11(18)15-6-19-5-8(15)10(16)17/h3-4,7-8H,2,5-6H2,1H3,(H,12,13)(H,14,18)(H,16,17). The lowest BCUT2D eigenvalue weighted by Crippen LogP contribution is -2.47. The number of aromatic nitrogens is 2. The highest BCUT2D eigenvalue weighted by Gasteiger charge is 2.35. The van der Waals surface area contributed by atoms with Gasteiger partial charge in [-0.3, -0.25) is 0 Å². The maximum Gasteiger partial charge on any atom is 0.327 e. The van der Waals surface area contributed by atoms with Gasteiger partial charge in [-0.25, -0.2) is 14.6 Å². The van der Waals surface area contributed by atoms with Gasteiger partial charge >= 0.3 is 12.0 Å². The number of hydrogen-bond donors (Lipinski definition) is 3. The predicted molar refractivity (Wildman–Crippen MR) is 70.7 cm³/mol. The maximum absolute atomic E-state index is 12.1. The first kappa shape index (κ1) is 13.7. The van der Waals surface area contributed by atoms with Crippen LogP contribution in [0.25, 0.3) is 0 Å². The number of rotatable bonds is 4. The van der Waals surface area contributed by atoms with E-state index in [0.717, 1.165) is 0 Å². The molecular weight excluding hydrogens is 268 g/mol. The van der Waals surface area contributed by atoms with Gasteiger partial charge in [0.25, 0.3) is 0 Å². The van der Waals surface area contributed by atoms with Gasteiger partial charge in [-0.15, -0.1) is 11.8 Å². The Morgan fingerprint density at radius 2 is 2.53 bits per heavy atom. The lowest BCUT2D eigenvalue weighted by molar-refractivity contribution is -0.140. The minimum atomic E-state index is -0.966. The molecule has 8 heteroatoms. The van der Waals surface area contributed by atoms with Crippen molar-refractivity contribution in [3.05, 3.63) is 18.2 Å². The molecule has 0 spiro atoms. The lowest BCUT2D eigenvalue weighted by atomic mass is 10.2. The van der Waals surface area contributed by atoms with Gasteiger partial charge in [0, 0.05) is 18.1 Å². The number of thioether (sulfide) groups is 1. The number of hydrogen-bond acceptors (Lipinski definition) is 4. The summed E-state index contributed by atoms with van der Waals surface area (Å²) < 4.78 is 0. The second-order valence-electron chi connectivity index (χ2n) is 4.21. The number of carbonyl (C=O) groups excluding carboxylic acids is 1. The fraction of sp³-hybridized carbons (Fsp3) is 0.545. The molecule has 0 aromatic carbocycles. The Morgan fingerprint density at radius 1 is 1.74 bits per heavy atom. The van der Waals surface area contributed by atoms with Gasteiger partial charge in [0.2, 0.25) is 0 Å². The molecule has 0 saturated carbocycles. The van der Waals surface area contributed by atoms with E-state index in [-0.39, 0.29) is 12.1 Å². The van der Waals surface area contributed by atoms with Gasteiger partial charge in [0.1, 0.15) is 11.9 Å². The number of nitrogens with zero attached hydrogens (tertiary/aromatic N) is 2. The van der Waals surface area contributed by atoms with E-state index in [1.807, 2.05) is 6.92 Å². The molecule has 2 unspecified atom stereocenters. The van der Waals surface area contributed by atoms with Gasteiger partial charge in [0.15, 0.2) is 0 Å². The first-order valence-electron chi connectivity index (χ1n) is 6.00. The van der Waals surface area contributed by atoms with E-state index in [0.29, 0.717) is 23.9 Å². The van der Waals surface area contributed by atoms with E-state index in [1.54, 1.807) is 12.4 Å². The first-order valence-corrected chi connectivity index (χ1v) is 7.16. The van der Waals surface area contributed by atoms with Crippen molar-refractivity contribution >= 4 is 23.8 Å². The van der Waals surface area contributed by atoms with Crippen LogP contribution in [0.15, 0.2) is 12.4 Å². The predicted octanol–water partition coefficient (Wildman–Crippen LogP) is 1.03. The van der Waals surface area contributed by atoms with Crippen LogP contribution in [0.2, 0.25) is 0 Å². The number of carboxylic acids is 1. The van der Waals surface area contributed by atoms with Crippen LogP contribution in [0.5, 0.6) is 0 Å². The lowest BCUT2D eigenvalue weighted by Gasteiger charge is -2.24. The van der Waals surface area contributed by atoms with E-state index in [4.69, 9.17) is 5.11 Å². The third-order valence-electron chi connectivity index (χ3n) is 2.98. The van der Waals surface area contributed by atoms with E-state index in [1.165, 1.54) is 16.7 Å². The van der Waals surface area contributed by atoms with Crippen LogP contribution in [0.1, 0.15) is 25.2 Å². The van der Waals surface area contributed by atoms with Crippen molar-refractivity contribution in [3.63, 3.8) is 0 Å². The molecule has 1 fully saturated rings. The largest absolute Gasteiger partial charge is 0.480 e. The van der Waals surface area contributed by atoms with Crippen molar-refractivity contribution in [2.24, 2.45) is 0 Å². The highest BCUT2D eigenvalue weighted by atomic mass is 32.2. The fourth-order valence-corrected chi connectivity index (χ4v) is 3.06. The van der Waals surface area contributed by atoms with Gasteiger partial charge < -0.3 is 20.3 Å². The molecule has 3 N–H and O–H groups in total. The molecule has 2 rings (SSSR count). The smallest absolute Gasteiger partial charge is 0.327 e. The SMILES string of the molecule is CCC(NC(=O)N1CSCC1C(=O)O)c1ncc[nH]1. The summed E-state index contributed by atoms with van der Waals surface area (Å²) in [5, 5.41) is 11.9. The summed E-state index contributed by atoms with van der Waals surface area (Å²) in [7, 11) is 0. The van der Waals surface area contributed by atoms with Gasteiger partial charge in [-0.1, -0.05) is 6.92 Å². The summed E-state index contributed by atoms with van der Waals surface area (Å²) in [5.74, 6) is 0.540. The minimum Gasteiger partial charge on any atom is -0.480 e. The molecule has 1 aromatic rings. The number of aromatic amines is 1. The van der Waals surface area contributed by atoms with Crippen molar-refractivity contribution < 1.29 is 14.7 Å². The molecular formula is C11H16N4O3S. The summed E-state index contributed by atoms with van der Waals surface area (Å²) in [6.07, 6.45) is 3.99. The number of amides is 2. The molecule has 2 heterocycles. The van der Waals surface area contributed by atoms with E-state index in [2.05, 4.69) is 15.3 Å². The number of carbonyl (C=O) groups is 2. The van der Waals surface area contributed by atoms with E-state index in [9.17, 15) is 9.59 Å². The number of urea groups is 1. The molecule has 2 amide bonds. The Kier molecular flexibility index (Phi) is 4.31. The molecule has 1 saturated heterocycles. The minimum absolute atomic E-state index is 0.234. The van der Waals surface area contributed by atoms with Crippen LogP contribution in [0, 0.1) is 0 Å². The average Bonchev–Trinajstić information content (AvgIpc) is 3.05. The highest BCUT2D eigenvalue weighted by molar-refractivity contribution is 7.99. The van der Waals surface area contributed by atoms with Crippen molar-refractivity contribution in [1.29, 1.82) is 0 Å². The average molecular weight is 284 g/mol. The molecule has 7 nitrogen and oxygen atoms in total. The van der Waals surface area contributed by atoms with E-state index >= 15 is 0 Å². The molecule has 104 valence electrons. The van der Waals surface area contributed by atoms with Gasteiger partial charge in [-0.05, 0) is 6.42 Å². The number of nitrogens with one attached hydrogen (secondary N) is 2. The Bertz CT molecular complexity index is 451. The first-order chi connectivity index (χ1) is 9.13. The number of aliphatic carboxylic acids is 1. The number of carboxylic acid groups (broad SMARTS) is 1. The highest BCUT2D eigenvalue weighted by Crippen LogP contribution is 2.22. The third kappa shape index (κ3) is 3.01. The number of imidazole rings is 1. The molecule has 19 heavy (non-hydrogen) atoms. The summed E-state index contributed by atoms with van der Waals surface area (Å²) in [5.41, 5.74) is 0. The third-order valence-corrected chi connectivity index (χ3v) is 4.00. The topological polar surface area (TPSA) is 98.3 Å². The summed E-state index contributed by atoms with van der Waals surface area (Å²) in [6.45, 7) is 1.93. The second kappa shape index (κ2) is 5.96. The quantitative estimate of drug-likeness (QED) is 0.767. The molecule has 1 aliphatic heterocycles. The van der Waals surface area contributed by atoms with Crippen LogP contribution in [0.4, 0.5) is 4.79 Å². The zero-order valence-corrected chi connectivity index (χ0v) is 11.3. The summed E-state index contributed by atoms with van der Waals surface area (Å²) in [4.78, 5) is 31.6. The summed E-state index contributed by atoms with van der Waals surface area (Å²) >= 11 is 1.44. The monoisotopic (exact) mass is 284 g/mol. The molecule has 1 aliphatic rings. The second-order valence-corrected chi connectivity index (χ2v) is 5.21. The van der Waals surface area contributed by atoms with Crippen molar-refractivity contribution in [2.45, 2.75) is 25.4 Å². The molecule has 0 radical (unpaired) electrons. The number of H-pyrrole nitrogens is 1. The van der Waals surface area contributed by atoms with E-state index < -0.39 is 12.0 Å². The fourth-order valence-electron chi connectivity index (χ4n) is 1.91. The molecule has 0 bridgehead atoms. The van der Waals surface area contributed by atoms with Crippen LogP contribution in [-0.2, 0) is 4.79 Å². The van der Waals surface area contributed by atoms with Gasteiger partial charge in [-0.2, -0.15) is 0 Å². The van der Waals surface area contributed by atoms with Gasteiger partial charge in [0.05, 0.1) is 11.9 Å². The van der Waals surface area contributed by atoms with Crippen molar-refractivity contribution in [1.82, 2.24) is 20.2 Å². The Hall–Kier alpha value is -1.70. The Balaban J connectivity index is 2.02. The Morgan fingerprint density at radius 3 is 3.11 bits per heavy atom. The van der Waals surface area contributed by atoms with Crippen molar-refractivity contribution in [3.8, 4) is 0 Å². The molecule has 0 aliphatic carbocycles. The maximum atomic E-state index is 12.1.